The van der Waals surface area contributed by atoms with Gasteiger partial charge in [0.15, 0.2) is 0 Å². The van der Waals surface area contributed by atoms with Crippen molar-refractivity contribution >= 4 is 33.0 Å². The molecule has 2 heterocycles. The van der Waals surface area contributed by atoms with Crippen LogP contribution in [0.5, 0.6) is 0 Å². The molecule has 2 aromatic rings. The number of halogens is 1. The van der Waals surface area contributed by atoms with Crippen molar-refractivity contribution in [3.63, 3.8) is 0 Å². The molecule has 0 aliphatic carbocycles. The van der Waals surface area contributed by atoms with E-state index in [0.29, 0.717) is 0 Å². The van der Waals surface area contributed by atoms with Crippen molar-refractivity contribution in [3.05, 3.63) is 33.2 Å². The van der Waals surface area contributed by atoms with E-state index in [0.717, 1.165) is 38.4 Å². The van der Waals surface area contributed by atoms with Gasteiger partial charge >= 0.3 is 0 Å². The predicted molar refractivity (Wildman–Crippen MR) is 89.4 cm³/mol. The number of nitrogens with one attached hydrogen (secondary N) is 1. The molecular weight excluding hydrogens is 336 g/mol. The van der Waals surface area contributed by atoms with E-state index in [9.17, 15) is 0 Å². The van der Waals surface area contributed by atoms with Crippen molar-refractivity contribution in [3.8, 4) is 0 Å². The Bertz CT molecular complexity index is 519. The Hall–Kier alpha value is -0.850. The Balaban J connectivity index is 1.80. The zero-order chi connectivity index (χ0) is 14.4. The summed E-state index contributed by atoms with van der Waals surface area (Å²) in [6.45, 7) is 9.40. The Kier molecular flexibility index (Phi) is 6.06. The van der Waals surface area contributed by atoms with Gasteiger partial charge in [-0.25, -0.2) is 0 Å². The molecule has 0 radical (unpaired) electrons. The maximum atomic E-state index is 4.40. The van der Waals surface area contributed by atoms with Crippen molar-refractivity contribution in [2.75, 3.05) is 25.0 Å². The summed E-state index contributed by atoms with van der Waals surface area (Å²) in [7, 11) is 0. The second kappa shape index (κ2) is 7.81. The van der Waals surface area contributed by atoms with E-state index >= 15 is 0 Å². The van der Waals surface area contributed by atoms with Gasteiger partial charge in [-0.2, -0.15) is 5.10 Å². The van der Waals surface area contributed by atoms with Crippen LogP contribution < -0.4 is 5.32 Å². The fourth-order valence-corrected chi connectivity index (χ4v) is 3.42. The quantitative estimate of drug-likeness (QED) is 0.783. The summed E-state index contributed by atoms with van der Waals surface area (Å²) in [6.07, 6.45) is 3.97. The van der Waals surface area contributed by atoms with E-state index in [-0.39, 0.29) is 0 Å². The smallest absolute Gasteiger partial charge is 0.0729 e. The van der Waals surface area contributed by atoms with Gasteiger partial charge in [0.05, 0.1) is 22.2 Å². The third kappa shape index (κ3) is 4.61. The van der Waals surface area contributed by atoms with Crippen molar-refractivity contribution in [2.45, 2.75) is 26.9 Å². The number of aromatic nitrogens is 2. The van der Waals surface area contributed by atoms with Crippen LogP contribution in [0.4, 0.5) is 5.69 Å². The van der Waals surface area contributed by atoms with Crippen LogP contribution in [0.25, 0.3) is 0 Å². The summed E-state index contributed by atoms with van der Waals surface area (Å²) >= 11 is 5.23. The molecule has 0 aromatic carbocycles. The molecule has 2 aromatic heterocycles. The first kappa shape index (κ1) is 15.5. The number of nitrogens with zero attached hydrogens (tertiary/aromatic N) is 3. The maximum absolute atomic E-state index is 4.40. The zero-order valence-corrected chi connectivity index (χ0v) is 14.4. The Morgan fingerprint density at radius 1 is 1.35 bits per heavy atom. The zero-order valence-electron chi connectivity index (χ0n) is 12.0. The molecule has 6 heteroatoms. The Morgan fingerprint density at radius 3 is 2.80 bits per heavy atom. The third-order valence-electron chi connectivity index (χ3n) is 3.27. The lowest BCUT2D eigenvalue weighted by Gasteiger charge is -2.17. The average molecular weight is 357 g/mol. The summed E-state index contributed by atoms with van der Waals surface area (Å²) < 4.78 is 3.18. The van der Waals surface area contributed by atoms with Gasteiger partial charge in [-0.05, 0) is 41.2 Å². The molecule has 1 N–H and O–H groups in total. The van der Waals surface area contributed by atoms with Gasteiger partial charge < -0.3 is 10.2 Å². The molecule has 0 aliphatic rings. The Labute approximate surface area is 132 Å². The number of thiophene rings is 1. The van der Waals surface area contributed by atoms with E-state index in [1.54, 1.807) is 11.3 Å². The monoisotopic (exact) mass is 356 g/mol. The number of anilines is 1. The van der Waals surface area contributed by atoms with Gasteiger partial charge in [0.1, 0.15) is 0 Å². The second-order valence-electron chi connectivity index (χ2n) is 4.58. The van der Waals surface area contributed by atoms with Crippen LogP contribution >= 0.6 is 27.3 Å². The molecule has 0 aliphatic heterocycles. The lowest BCUT2D eigenvalue weighted by molar-refractivity contribution is 0.285. The van der Waals surface area contributed by atoms with Crippen molar-refractivity contribution in [1.82, 2.24) is 14.7 Å². The minimum absolute atomic E-state index is 0.845. The van der Waals surface area contributed by atoms with Crippen molar-refractivity contribution in [1.29, 1.82) is 0 Å². The lowest BCUT2D eigenvalue weighted by Crippen LogP contribution is -2.27. The van der Waals surface area contributed by atoms with Crippen LogP contribution in [0.2, 0.25) is 0 Å². The molecule has 0 atom stereocenters. The molecule has 0 bridgehead atoms. The average Bonchev–Trinajstić information content (AvgIpc) is 3.07. The van der Waals surface area contributed by atoms with Crippen LogP contribution in [-0.2, 0) is 13.1 Å². The van der Waals surface area contributed by atoms with Crippen LogP contribution in [0.3, 0.4) is 0 Å². The van der Waals surface area contributed by atoms with Crippen LogP contribution in [0.15, 0.2) is 28.3 Å². The minimum Gasteiger partial charge on any atom is -0.378 e. The lowest BCUT2D eigenvalue weighted by atomic mass is 10.4. The molecular formula is C14H21BrN4S. The first-order chi connectivity index (χ1) is 9.71. The van der Waals surface area contributed by atoms with Crippen LogP contribution in [0.1, 0.15) is 18.7 Å². The number of hydrogen-bond donors (Lipinski definition) is 1. The van der Waals surface area contributed by atoms with Crippen molar-refractivity contribution in [2.24, 2.45) is 0 Å². The van der Waals surface area contributed by atoms with Gasteiger partial charge in [0, 0.05) is 24.2 Å². The predicted octanol–water partition coefficient (Wildman–Crippen LogP) is 3.66. The molecule has 0 fully saturated rings. The minimum atomic E-state index is 0.845. The van der Waals surface area contributed by atoms with Gasteiger partial charge in [-0.15, -0.1) is 11.3 Å². The van der Waals surface area contributed by atoms with Gasteiger partial charge in [-0.3, -0.25) is 4.68 Å². The van der Waals surface area contributed by atoms with Gasteiger partial charge in [0.25, 0.3) is 0 Å². The van der Waals surface area contributed by atoms with Crippen LogP contribution in [-0.4, -0.2) is 34.3 Å². The molecule has 0 saturated carbocycles. The molecule has 4 nitrogen and oxygen atoms in total. The third-order valence-corrected chi connectivity index (χ3v) is 4.89. The highest BCUT2D eigenvalue weighted by Gasteiger charge is 2.03. The summed E-state index contributed by atoms with van der Waals surface area (Å²) in [5.74, 6) is 0. The molecule has 0 unspecified atom stereocenters. The fourth-order valence-electron chi connectivity index (χ4n) is 2.00. The molecule has 110 valence electrons. The summed E-state index contributed by atoms with van der Waals surface area (Å²) in [4.78, 5) is 3.71. The molecule has 0 amide bonds. The van der Waals surface area contributed by atoms with Crippen molar-refractivity contribution < 1.29 is 0 Å². The van der Waals surface area contributed by atoms with E-state index in [4.69, 9.17) is 0 Å². The molecule has 20 heavy (non-hydrogen) atoms. The van der Waals surface area contributed by atoms with E-state index in [2.05, 4.69) is 63.4 Å². The standard InChI is InChI=1S/C14H21BrN4S/c1-3-18(4-2)7-8-19-11-12(9-17-19)16-10-13-5-6-14(15)20-13/h5-6,9,11,16H,3-4,7-8,10H2,1-2H3. The van der Waals surface area contributed by atoms with Crippen LogP contribution in [0, 0.1) is 0 Å². The maximum Gasteiger partial charge on any atom is 0.0729 e. The Morgan fingerprint density at radius 2 is 2.15 bits per heavy atom. The number of rotatable bonds is 8. The second-order valence-corrected chi connectivity index (χ2v) is 7.13. The van der Waals surface area contributed by atoms with E-state index in [1.807, 2.05) is 10.9 Å². The highest BCUT2D eigenvalue weighted by molar-refractivity contribution is 9.11. The first-order valence-electron chi connectivity index (χ1n) is 6.94. The molecule has 2 rings (SSSR count). The highest BCUT2D eigenvalue weighted by Crippen LogP contribution is 2.22. The van der Waals surface area contributed by atoms with E-state index < -0.39 is 0 Å². The SMILES string of the molecule is CCN(CC)CCn1cc(NCc2ccc(Br)s2)cn1. The number of likely N-dealkylation sites (N-methyl/N-ethyl adjacent to an activating group) is 1. The molecule has 0 spiro atoms. The molecule has 0 saturated heterocycles. The number of hydrogen-bond acceptors (Lipinski definition) is 4. The normalized spacial score (nSPS) is 11.2. The highest BCUT2D eigenvalue weighted by atomic mass is 79.9. The largest absolute Gasteiger partial charge is 0.378 e. The fraction of sp³-hybridized carbons (Fsp3) is 0.500. The van der Waals surface area contributed by atoms with E-state index in [1.165, 1.54) is 8.66 Å². The van der Waals surface area contributed by atoms with Gasteiger partial charge in [-0.1, -0.05) is 13.8 Å². The summed E-state index contributed by atoms with van der Waals surface area (Å²) in [5.41, 5.74) is 1.08. The first-order valence-corrected chi connectivity index (χ1v) is 8.55. The summed E-state index contributed by atoms with van der Waals surface area (Å²) in [6, 6.07) is 4.21. The summed E-state index contributed by atoms with van der Waals surface area (Å²) in [5, 5.41) is 7.80. The van der Waals surface area contributed by atoms with Gasteiger partial charge in [0.2, 0.25) is 0 Å². The topological polar surface area (TPSA) is 33.1 Å².